The number of hydrogen-bond acceptors (Lipinski definition) is 3. The lowest BCUT2D eigenvalue weighted by Crippen LogP contribution is -2.36. The minimum absolute atomic E-state index is 0.176. The molecule has 0 amide bonds. The van der Waals surface area contributed by atoms with Crippen LogP contribution in [0.2, 0.25) is 0 Å². The van der Waals surface area contributed by atoms with E-state index in [0.29, 0.717) is 12.6 Å². The largest absolute Gasteiger partial charge is 0.382 e. The van der Waals surface area contributed by atoms with E-state index in [1.807, 2.05) is 13.8 Å². The third kappa shape index (κ3) is 4.30. The van der Waals surface area contributed by atoms with Crippen LogP contribution in [-0.2, 0) is 4.74 Å². The highest BCUT2D eigenvalue weighted by atomic mass is 16.5. The van der Waals surface area contributed by atoms with Crippen molar-refractivity contribution in [3.63, 3.8) is 0 Å². The zero-order valence-corrected chi connectivity index (χ0v) is 6.72. The summed E-state index contributed by atoms with van der Waals surface area (Å²) in [6.07, 6.45) is 0. The number of methoxy groups -OCH3 is 1. The number of nitrogens with one attached hydrogen (secondary N) is 1. The van der Waals surface area contributed by atoms with E-state index in [9.17, 15) is 0 Å². The molecule has 0 saturated heterocycles. The van der Waals surface area contributed by atoms with Crippen LogP contribution in [0, 0.1) is 11.3 Å². The van der Waals surface area contributed by atoms with Crippen LogP contribution >= 0.6 is 0 Å². The molecule has 1 unspecified atom stereocenters. The van der Waals surface area contributed by atoms with Crippen LogP contribution in [0.3, 0.4) is 0 Å². The van der Waals surface area contributed by atoms with Crippen molar-refractivity contribution < 1.29 is 4.74 Å². The summed E-state index contributed by atoms with van der Waals surface area (Å²) in [4.78, 5) is 0. The molecule has 1 N–H and O–H groups in total. The van der Waals surface area contributed by atoms with E-state index >= 15 is 0 Å². The third-order valence-corrected chi connectivity index (χ3v) is 1.02. The molecule has 0 heterocycles. The summed E-state index contributed by atoms with van der Waals surface area (Å²) in [5, 5.41) is 11.6. The summed E-state index contributed by atoms with van der Waals surface area (Å²) in [6, 6.07) is 2.26. The van der Waals surface area contributed by atoms with Gasteiger partial charge in [0.15, 0.2) is 0 Å². The predicted octanol–water partition coefficient (Wildman–Crippen LogP) is 0.523. The Labute approximate surface area is 62.0 Å². The summed E-state index contributed by atoms with van der Waals surface area (Å²) >= 11 is 0. The maximum absolute atomic E-state index is 8.51. The Bertz CT molecular complexity index is 117. The van der Waals surface area contributed by atoms with Crippen molar-refractivity contribution in [3.8, 4) is 6.07 Å². The van der Waals surface area contributed by atoms with E-state index < -0.39 is 0 Å². The molecule has 3 nitrogen and oxygen atoms in total. The molecule has 58 valence electrons. The Morgan fingerprint density at radius 1 is 1.60 bits per heavy atom. The summed E-state index contributed by atoms with van der Waals surface area (Å²) < 4.78 is 4.81. The van der Waals surface area contributed by atoms with Gasteiger partial charge >= 0.3 is 0 Å². The molecule has 0 aromatic rings. The normalized spacial score (nSPS) is 13.1. The summed E-state index contributed by atoms with van der Waals surface area (Å²) in [5.41, 5.74) is 0. The van der Waals surface area contributed by atoms with Gasteiger partial charge in [0, 0.05) is 13.2 Å². The minimum atomic E-state index is -0.176. The first-order chi connectivity index (χ1) is 4.70. The fraction of sp³-hybridized carbons (Fsp3) is 0.857. The highest BCUT2D eigenvalue weighted by Crippen LogP contribution is 1.85. The number of rotatable bonds is 4. The zero-order chi connectivity index (χ0) is 7.98. The molecule has 0 aliphatic heterocycles. The first-order valence-electron chi connectivity index (χ1n) is 3.35. The van der Waals surface area contributed by atoms with Gasteiger partial charge in [0.25, 0.3) is 0 Å². The minimum Gasteiger partial charge on any atom is -0.382 e. The van der Waals surface area contributed by atoms with Gasteiger partial charge in [-0.05, 0) is 13.8 Å². The molecule has 0 saturated carbocycles. The van der Waals surface area contributed by atoms with E-state index in [2.05, 4.69) is 11.4 Å². The molecule has 0 fully saturated rings. The molecule has 0 aliphatic carbocycles. The van der Waals surface area contributed by atoms with Crippen LogP contribution in [0.5, 0.6) is 0 Å². The molecule has 0 radical (unpaired) electrons. The second kappa shape index (κ2) is 5.21. The van der Waals surface area contributed by atoms with Gasteiger partial charge in [-0.1, -0.05) is 0 Å². The molecule has 0 rings (SSSR count). The van der Waals surface area contributed by atoms with Crippen molar-refractivity contribution >= 4 is 0 Å². The Balaban J connectivity index is 3.52. The van der Waals surface area contributed by atoms with Crippen LogP contribution in [0.15, 0.2) is 0 Å². The van der Waals surface area contributed by atoms with Crippen LogP contribution in [-0.4, -0.2) is 25.8 Å². The second-order valence-electron chi connectivity index (χ2n) is 2.46. The van der Waals surface area contributed by atoms with Crippen molar-refractivity contribution in [3.05, 3.63) is 0 Å². The Morgan fingerprint density at radius 3 is 2.50 bits per heavy atom. The fourth-order valence-electron chi connectivity index (χ4n) is 0.692. The molecule has 0 aromatic heterocycles. The summed E-state index contributed by atoms with van der Waals surface area (Å²) in [7, 11) is 1.59. The average molecular weight is 142 g/mol. The molecule has 0 aliphatic rings. The van der Waals surface area contributed by atoms with E-state index in [4.69, 9.17) is 10.00 Å². The fourth-order valence-corrected chi connectivity index (χ4v) is 0.692. The molecule has 10 heavy (non-hydrogen) atoms. The van der Waals surface area contributed by atoms with Gasteiger partial charge in [-0.3, -0.25) is 5.32 Å². The predicted molar refractivity (Wildman–Crippen MR) is 39.5 cm³/mol. The first kappa shape index (κ1) is 9.41. The summed E-state index contributed by atoms with van der Waals surface area (Å²) in [6.45, 7) is 4.45. The lowest BCUT2D eigenvalue weighted by molar-refractivity contribution is 0.179. The topological polar surface area (TPSA) is 45.0 Å². The number of nitrogens with zero attached hydrogens (tertiary/aromatic N) is 1. The summed E-state index contributed by atoms with van der Waals surface area (Å²) in [5.74, 6) is 0. The van der Waals surface area contributed by atoms with Gasteiger partial charge < -0.3 is 4.74 Å². The molecule has 1 atom stereocenters. The second-order valence-corrected chi connectivity index (χ2v) is 2.46. The van der Waals surface area contributed by atoms with Crippen molar-refractivity contribution in [2.45, 2.75) is 25.9 Å². The van der Waals surface area contributed by atoms with Gasteiger partial charge in [0.05, 0.1) is 12.7 Å². The van der Waals surface area contributed by atoms with Gasteiger partial charge in [-0.2, -0.15) is 5.26 Å². The smallest absolute Gasteiger partial charge is 0.119 e. The molecule has 0 aromatic carbocycles. The quantitative estimate of drug-likeness (QED) is 0.622. The van der Waals surface area contributed by atoms with Gasteiger partial charge in [0.1, 0.15) is 6.04 Å². The van der Waals surface area contributed by atoms with Gasteiger partial charge in [-0.25, -0.2) is 0 Å². The molecule has 0 spiro atoms. The van der Waals surface area contributed by atoms with E-state index in [-0.39, 0.29) is 6.04 Å². The SMILES string of the molecule is COCC(C#N)NC(C)C. The standard InChI is InChI=1S/C7H14N2O/c1-6(2)9-7(4-8)5-10-3/h6-7,9H,5H2,1-3H3. The van der Waals surface area contributed by atoms with Gasteiger partial charge in [0.2, 0.25) is 0 Å². The van der Waals surface area contributed by atoms with Crippen LogP contribution in [0.1, 0.15) is 13.8 Å². The van der Waals surface area contributed by atoms with Crippen LogP contribution in [0.25, 0.3) is 0 Å². The van der Waals surface area contributed by atoms with Gasteiger partial charge in [-0.15, -0.1) is 0 Å². The number of nitriles is 1. The average Bonchev–Trinajstić information content (AvgIpc) is 1.86. The molecular weight excluding hydrogens is 128 g/mol. The van der Waals surface area contributed by atoms with Crippen molar-refractivity contribution in [1.82, 2.24) is 5.32 Å². The van der Waals surface area contributed by atoms with E-state index in [1.165, 1.54) is 0 Å². The first-order valence-corrected chi connectivity index (χ1v) is 3.35. The Morgan fingerprint density at radius 2 is 2.20 bits per heavy atom. The van der Waals surface area contributed by atoms with E-state index in [1.54, 1.807) is 7.11 Å². The Hall–Kier alpha value is -0.590. The number of ether oxygens (including phenoxy) is 1. The highest BCUT2D eigenvalue weighted by molar-refractivity contribution is 4.90. The maximum atomic E-state index is 8.51. The lowest BCUT2D eigenvalue weighted by Gasteiger charge is -2.12. The van der Waals surface area contributed by atoms with Crippen molar-refractivity contribution in [2.75, 3.05) is 13.7 Å². The molecule has 0 bridgehead atoms. The van der Waals surface area contributed by atoms with Crippen LogP contribution < -0.4 is 5.32 Å². The molecule has 3 heteroatoms. The lowest BCUT2D eigenvalue weighted by atomic mass is 10.3. The third-order valence-electron chi connectivity index (χ3n) is 1.02. The number of hydrogen-bond donors (Lipinski definition) is 1. The van der Waals surface area contributed by atoms with Crippen molar-refractivity contribution in [1.29, 1.82) is 5.26 Å². The van der Waals surface area contributed by atoms with Crippen LogP contribution in [0.4, 0.5) is 0 Å². The highest BCUT2D eigenvalue weighted by Gasteiger charge is 2.06. The Kier molecular flexibility index (Phi) is 4.91. The maximum Gasteiger partial charge on any atom is 0.119 e. The molecular formula is C7H14N2O. The monoisotopic (exact) mass is 142 g/mol. The zero-order valence-electron chi connectivity index (χ0n) is 6.72. The van der Waals surface area contributed by atoms with Crippen molar-refractivity contribution in [2.24, 2.45) is 0 Å². The van der Waals surface area contributed by atoms with E-state index in [0.717, 1.165) is 0 Å².